The van der Waals surface area contributed by atoms with Crippen molar-refractivity contribution in [1.29, 1.82) is 0 Å². The van der Waals surface area contributed by atoms with Crippen molar-refractivity contribution < 1.29 is 4.79 Å². The number of hydrogen-bond donors (Lipinski definition) is 2. The summed E-state index contributed by atoms with van der Waals surface area (Å²) in [6, 6.07) is 22.6. The summed E-state index contributed by atoms with van der Waals surface area (Å²) in [5, 5.41) is 6.82. The number of anilines is 2. The molecule has 0 fully saturated rings. The Morgan fingerprint density at radius 1 is 0.769 bits per heavy atom. The van der Waals surface area contributed by atoms with Crippen LogP contribution < -0.4 is 10.6 Å². The lowest BCUT2D eigenvalue weighted by atomic mass is 10.0. The van der Waals surface area contributed by atoms with Gasteiger partial charge in [0.25, 0.3) is 0 Å². The fraction of sp³-hybridized carbons (Fsp3) is 0.0909. The van der Waals surface area contributed by atoms with E-state index in [0.717, 1.165) is 11.3 Å². The van der Waals surface area contributed by atoms with Crippen LogP contribution >= 0.6 is 12.2 Å². The van der Waals surface area contributed by atoms with E-state index in [-0.39, 0.29) is 5.78 Å². The molecule has 2 N–H and O–H groups in total. The van der Waals surface area contributed by atoms with Crippen molar-refractivity contribution in [3.63, 3.8) is 0 Å². The second kappa shape index (κ2) is 7.93. The first-order chi connectivity index (χ1) is 12.6. The van der Waals surface area contributed by atoms with Crippen LogP contribution in [0.25, 0.3) is 0 Å². The van der Waals surface area contributed by atoms with Gasteiger partial charge in [-0.3, -0.25) is 4.79 Å². The minimum Gasteiger partial charge on any atom is -0.332 e. The van der Waals surface area contributed by atoms with Crippen LogP contribution in [0.5, 0.6) is 0 Å². The van der Waals surface area contributed by atoms with Crippen molar-refractivity contribution in [2.45, 2.75) is 13.8 Å². The molecule has 0 aliphatic carbocycles. The summed E-state index contributed by atoms with van der Waals surface area (Å²) in [5.74, 6) is -0.0387. The Morgan fingerprint density at radius 2 is 1.38 bits per heavy atom. The molecule has 3 rings (SSSR count). The molecule has 4 heteroatoms. The molecule has 3 aromatic rings. The summed E-state index contributed by atoms with van der Waals surface area (Å²) in [7, 11) is 0. The average molecular weight is 360 g/mol. The maximum Gasteiger partial charge on any atom is 0.195 e. The van der Waals surface area contributed by atoms with Crippen LogP contribution in [0.1, 0.15) is 27.0 Å². The predicted molar refractivity (Wildman–Crippen MR) is 112 cm³/mol. The number of aryl methyl sites for hydroxylation is 1. The molecule has 0 unspecified atom stereocenters. The van der Waals surface area contributed by atoms with Crippen LogP contribution in [-0.4, -0.2) is 10.9 Å². The second-order valence-electron chi connectivity index (χ2n) is 6.07. The highest BCUT2D eigenvalue weighted by Crippen LogP contribution is 2.21. The van der Waals surface area contributed by atoms with E-state index in [1.54, 1.807) is 6.07 Å². The molecule has 0 radical (unpaired) electrons. The van der Waals surface area contributed by atoms with E-state index in [9.17, 15) is 4.79 Å². The molecule has 0 aliphatic rings. The Bertz CT molecular complexity index is 951. The van der Waals surface area contributed by atoms with Gasteiger partial charge < -0.3 is 10.6 Å². The monoisotopic (exact) mass is 360 g/mol. The van der Waals surface area contributed by atoms with Gasteiger partial charge in [0.1, 0.15) is 0 Å². The van der Waals surface area contributed by atoms with Crippen LogP contribution in [0, 0.1) is 13.8 Å². The van der Waals surface area contributed by atoms with Crippen LogP contribution in [0.3, 0.4) is 0 Å². The highest BCUT2D eigenvalue weighted by molar-refractivity contribution is 7.80. The third-order valence-corrected chi connectivity index (χ3v) is 4.51. The summed E-state index contributed by atoms with van der Waals surface area (Å²) in [5.41, 5.74) is 5.21. The maximum atomic E-state index is 12.8. The van der Waals surface area contributed by atoms with Gasteiger partial charge in [-0.25, -0.2) is 0 Å². The minimum absolute atomic E-state index is 0.0387. The van der Waals surface area contributed by atoms with Crippen molar-refractivity contribution >= 4 is 34.5 Å². The zero-order valence-corrected chi connectivity index (χ0v) is 15.6. The molecular weight excluding hydrogens is 340 g/mol. The van der Waals surface area contributed by atoms with Gasteiger partial charge in [0.05, 0.1) is 5.69 Å². The largest absolute Gasteiger partial charge is 0.332 e. The number of thiocarbonyl (C=S) groups is 1. The van der Waals surface area contributed by atoms with Crippen molar-refractivity contribution in [3.8, 4) is 0 Å². The minimum atomic E-state index is -0.0387. The van der Waals surface area contributed by atoms with Crippen LogP contribution in [-0.2, 0) is 0 Å². The summed E-state index contributed by atoms with van der Waals surface area (Å²) in [6.07, 6.45) is 0. The van der Waals surface area contributed by atoms with E-state index in [4.69, 9.17) is 12.2 Å². The molecule has 0 amide bonds. The van der Waals surface area contributed by atoms with Gasteiger partial charge in [0.2, 0.25) is 0 Å². The number of nitrogens with one attached hydrogen (secondary N) is 2. The number of para-hydroxylation sites is 1. The lowest BCUT2D eigenvalue weighted by Gasteiger charge is -2.15. The number of carbonyl (C=O) groups excluding carboxylic acids is 1. The molecule has 3 nitrogen and oxygen atoms in total. The van der Waals surface area contributed by atoms with E-state index in [1.165, 1.54) is 5.56 Å². The predicted octanol–water partition coefficient (Wildman–Crippen LogP) is 5.34. The Morgan fingerprint density at radius 3 is 2.15 bits per heavy atom. The summed E-state index contributed by atoms with van der Waals surface area (Å²) < 4.78 is 0. The highest BCUT2D eigenvalue weighted by atomic mass is 32.1. The first kappa shape index (κ1) is 17.8. The van der Waals surface area contributed by atoms with Crippen molar-refractivity contribution in [2.75, 3.05) is 10.6 Å². The summed E-state index contributed by atoms with van der Waals surface area (Å²) >= 11 is 5.45. The quantitative estimate of drug-likeness (QED) is 0.486. The summed E-state index contributed by atoms with van der Waals surface area (Å²) in [4.78, 5) is 12.8. The molecule has 0 aromatic heterocycles. The molecule has 130 valence electrons. The van der Waals surface area contributed by atoms with E-state index >= 15 is 0 Å². The Balaban J connectivity index is 1.81. The molecular formula is C22H20N2OS. The van der Waals surface area contributed by atoms with Crippen LogP contribution in [0.2, 0.25) is 0 Å². The second-order valence-corrected chi connectivity index (χ2v) is 6.48. The normalized spacial score (nSPS) is 10.2. The lowest BCUT2D eigenvalue weighted by Crippen LogP contribution is -2.21. The van der Waals surface area contributed by atoms with Crippen LogP contribution in [0.15, 0.2) is 72.8 Å². The SMILES string of the molecule is Cc1cccc(NC(=S)Nc2ccccc2C(=O)c2ccccc2)c1C. The first-order valence-electron chi connectivity index (χ1n) is 8.39. The Hall–Kier alpha value is -2.98. The van der Waals surface area contributed by atoms with E-state index in [0.29, 0.717) is 21.9 Å². The van der Waals surface area contributed by atoms with E-state index < -0.39 is 0 Å². The van der Waals surface area contributed by atoms with Crippen molar-refractivity contribution in [2.24, 2.45) is 0 Å². The zero-order valence-electron chi connectivity index (χ0n) is 14.7. The molecule has 26 heavy (non-hydrogen) atoms. The standard InChI is InChI=1S/C22H20N2OS/c1-15-9-8-14-19(16(15)2)23-22(26)24-20-13-7-6-12-18(20)21(25)17-10-4-3-5-11-17/h3-14H,1-2H3,(H2,23,24,26). The number of carbonyl (C=O) groups is 1. The molecule has 0 saturated carbocycles. The number of benzene rings is 3. The van der Waals surface area contributed by atoms with Crippen LogP contribution in [0.4, 0.5) is 11.4 Å². The Labute approximate surface area is 159 Å². The lowest BCUT2D eigenvalue weighted by molar-refractivity contribution is 0.103. The van der Waals surface area contributed by atoms with Gasteiger partial charge in [-0.1, -0.05) is 54.6 Å². The fourth-order valence-electron chi connectivity index (χ4n) is 2.70. The molecule has 3 aromatic carbocycles. The van der Waals surface area contributed by atoms with Crippen molar-refractivity contribution in [3.05, 3.63) is 95.1 Å². The Kier molecular flexibility index (Phi) is 5.44. The summed E-state index contributed by atoms with van der Waals surface area (Å²) in [6.45, 7) is 4.11. The molecule has 0 bridgehead atoms. The van der Waals surface area contributed by atoms with Gasteiger partial charge in [0.15, 0.2) is 10.9 Å². The van der Waals surface area contributed by atoms with Gasteiger partial charge in [0, 0.05) is 16.8 Å². The highest BCUT2D eigenvalue weighted by Gasteiger charge is 2.14. The molecule has 0 atom stereocenters. The maximum absolute atomic E-state index is 12.8. The van der Waals surface area contributed by atoms with Gasteiger partial charge in [-0.15, -0.1) is 0 Å². The third kappa shape index (κ3) is 3.98. The van der Waals surface area contributed by atoms with Gasteiger partial charge >= 0.3 is 0 Å². The molecule has 0 saturated heterocycles. The number of ketones is 1. The molecule has 0 heterocycles. The zero-order chi connectivity index (χ0) is 18.5. The third-order valence-electron chi connectivity index (χ3n) is 4.31. The van der Waals surface area contributed by atoms with E-state index in [2.05, 4.69) is 23.6 Å². The van der Waals surface area contributed by atoms with Gasteiger partial charge in [-0.2, -0.15) is 0 Å². The van der Waals surface area contributed by atoms with E-state index in [1.807, 2.05) is 67.6 Å². The first-order valence-corrected chi connectivity index (χ1v) is 8.80. The molecule has 0 spiro atoms. The topological polar surface area (TPSA) is 41.1 Å². The smallest absolute Gasteiger partial charge is 0.195 e. The fourth-order valence-corrected chi connectivity index (χ4v) is 2.92. The molecule has 0 aliphatic heterocycles. The number of hydrogen-bond acceptors (Lipinski definition) is 2. The van der Waals surface area contributed by atoms with Gasteiger partial charge in [-0.05, 0) is 55.4 Å². The van der Waals surface area contributed by atoms with Crippen molar-refractivity contribution in [1.82, 2.24) is 0 Å². The number of rotatable bonds is 4. The average Bonchev–Trinajstić information content (AvgIpc) is 2.66.